The van der Waals surface area contributed by atoms with Crippen LogP contribution in [0.2, 0.25) is 0 Å². The normalized spacial score (nSPS) is 11.7. The van der Waals surface area contributed by atoms with E-state index in [-0.39, 0.29) is 0 Å². The second-order valence-corrected chi connectivity index (χ2v) is 3.19. The largest absolute Gasteiger partial charge is 0.573 e. The van der Waals surface area contributed by atoms with Crippen LogP contribution in [0.3, 0.4) is 0 Å². The van der Waals surface area contributed by atoms with Gasteiger partial charge in [-0.25, -0.2) is 18.6 Å². The molecular weight excluding hydrogens is 265 g/mol. The molecule has 1 N–H and O–H groups in total. The number of carboxylic acids is 1. The summed E-state index contributed by atoms with van der Waals surface area (Å²) < 4.78 is 64.5. The molecule has 0 aromatic carbocycles. The molecular formula is C9H6F5NO3. The third-order valence-corrected chi connectivity index (χ3v) is 1.83. The molecule has 0 atom stereocenters. The molecule has 100 valence electrons. The Hall–Kier alpha value is -1.93. The molecule has 0 aliphatic heterocycles. The summed E-state index contributed by atoms with van der Waals surface area (Å²) in [7, 11) is 0. The average molecular weight is 271 g/mol. The molecule has 0 bridgehead atoms. The van der Waals surface area contributed by atoms with Crippen molar-refractivity contribution in [3.63, 3.8) is 0 Å². The predicted octanol–water partition coefficient (Wildman–Crippen LogP) is 2.92. The average Bonchev–Trinajstić information content (AvgIpc) is 2.18. The molecule has 0 radical (unpaired) electrons. The second kappa shape index (κ2) is 4.75. The van der Waals surface area contributed by atoms with Gasteiger partial charge in [0, 0.05) is 0 Å². The van der Waals surface area contributed by atoms with Gasteiger partial charge in [-0.15, -0.1) is 13.2 Å². The minimum Gasteiger partial charge on any atom is -0.477 e. The van der Waals surface area contributed by atoms with Gasteiger partial charge >= 0.3 is 12.3 Å². The topological polar surface area (TPSA) is 59.4 Å². The first kappa shape index (κ1) is 14.1. The van der Waals surface area contributed by atoms with Crippen molar-refractivity contribution in [2.75, 3.05) is 0 Å². The number of carboxylic acid groups (broad SMARTS) is 1. The lowest BCUT2D eigenvalue weighted by atomic mass is 10.2. The van der Waals surface area contributed by atoms with Crippen LogP contribution in [0.4, 0.5) is 22.0 Å². The summed E-state index contributed by atoms with van der Waals surface area (Å²) in [5.41, 5.74) is -2.53. The van der Waals surface area contributed by atoms with Crippen molar-refractivity contribution in [1.29, 1.82) is 0 Å². The van der Waals surface area contributed by atoms with Crippen molar-refractivity contribution in [2.45, 2.75) is 19.7 Å². The van der Waals surface area contributed by atoms with Crippen LogP contribution in [0.15, 0.2) is 6.07 Å². The zero-order chi connectivity index (χ0) is 14.1. The fourth-order valence-electron chi connectivity index (χ4n) is 1.19. The molecule has 0 spiro atoms. The number of hydrogen-bond donors (Lipinski definition) is 1. The van der Waals surface area contributed by atoms with Crippen LogP contribution >= 0.6 is 0 Å². The summed E-state index contributed by atoms with van der Waals surface area (Å²) in [6.45, 7) is 1.01. The summed E-state index contributed by atoms with van der Waals surface area (Å²) in [6, 6.07) is 0.718. The molecule has 1 rings (SSSR count). The molecule has 18 heavy (non-hydrogen) atoms. The van der Waals surface area contributed by atoms with Crippen LogP contribution in [0, 0.1) is 6.92 Å². The minimum absolute atomic E-state index is 0.393. The second-order valence-electron chi connectivity index (χ2n) is 3.19. The monoisotopic (exact) mass is 271 g/mol. The number of carbonyl (C=O) groups is 1. The van der Waals surface area contributed by atoms with E-state index in [1.54, 1.807) is 0 Å². The van der Waals surface area contributed by atoms with Crippen molar-refractivity contribution in [1.82, 2.24) is 4.98 Å². The molecule has 1 heterocycles. The van der Waals surface area contributed by atoms with Gasteiger partial charge in [0.25, 0.3) is 6.43 Å². The van der Waals surface area contributed by atoms with E-state index in [9.17, 15) is 26.7 Å². The van der Waals surface area contributed by atoms with Crippen LogP contribution in [-0.2, 0) is 0 Å². The Labute approximate surface area is 97.0 Å². The highest BCUT2D eigenvalue weighted by Gasteiger charge is 2.35. The molecule has 0 amide bonds. The predicted molar refractivity (Wildman–Crippen MR) is 47.6 cm³/mol. The van der Waals surface area contributed by atoms with Gasteiger partial charge in [-0.05, 0) is 18.6 Å². The van der Waals surface area contributed by atoms with E-state index >= 15 is 0 Å². The zero-order valence-corrected chi connectivity index (χ0v) is 8.76. The van der Waals surface area contributed by atoms with Crippen molar-refractivity contribution in [3.05, 3.63) is 23.0 Å². The van der Waals surface area contributed by atoms with Crippen molar-refractivity contribution < 1.29 is 36.6 Å². The fraction of sp³-hybridized carbons (Fsp3) is 0.333. The number of ether oxygens (including phenoxy) is 1. The molecule has 0 aliphatic rings. The zero-order valence-electron chi connectivity index (χ0n) is 8.76. The number of rotatable bonds is 3. The van der Waals surface area contributed by atoms with Gasteiger partial charge in [0.15, 0.2) is 5.75 Å². The van der Waals surface area contributed by atoms with Crippen LogP contribution in [-0.4, -0.2) is 22.4 Å². The molecule has 9 heteroatoms. The smallest absolute Gasteiger partial charge is 0.477 e. The number of alkyl halides is 5. The fourth-order valence-corrected chi connectivity index (χ4v) is 1.19. The minimum atomic E-state index is -5.17. The Morgan fingerprint density at radius 3 is 2.39 bits per heavy atom. The van der Waals surface area contributed by atoms with Crippen LogP contribution in [0.1, 0.15) is 28.2 Å². The number of halogens is 5. The molecule has 0 unspecified atom stereocenters. The maximum Gasteiger partial charge on any atom is 0.573 e. The van der Waals surface area contributed by atoms with Gasteiger partial charge in [-0.1, -0.05) is 0 Å². The lowest BCUT2D eigenvalue weighted by Gasteiger charge is -2.15. The molecule has 1 aromatic rings. The van der Waals surface area contributed by atoms with Gasteiger partial charge in [0.1, 0.15) is 11.4 Å². The molecule has 0 saturated heterocycles. The van der Waals surface area contributed by atoms with E-state index in [1.807, 2.05) is 0 Å². The molecule has 1 aromatic heterocycles. The first-order chi connectivity index (χ1) is 8.11. The Balaban J connectivity index is 3.36. The highest BCUT2D eigenvalue weighted by atomic mass is 19.4. The van der Waals surface area contributed by atoms with Gasteiger partial charge in [-0.2, -0.15) is 0 Å². The summed E-state index contributed by atoms with van der Waals surface area (Å²) in [6.07, 6.45) is -8.55. The van der Waals surface area contributed by atoms with Crippen LogP contribution < -0.4 is 4.74 Å². The highest BCUT2D eigenvalue weighted by molar-refractivity contribution is 5.85. The molecule has 4 nitrogen and oxygen atoms in total. The Morgan fingerprint density at radius 1 is 1.44 bits per heavy atom. The number of hydrogen-bond acceptors (Lipinski definition) is 3. The molecule has 0 aliphatic carbocycles. The van der Waals surface area contributed by atoms with E-state index in [2.05, 4.69) is 9.72 Å². The number of aromatic carboxylic acids is 1. The summed E-state index contributed by atoms with van der Waals surface area (Å²) >= 11 is 0. The first-order valence-corrected chi connectivity index (χ1v) is 4.40. The molecule has 0 fully saturated rings. The van der Waals surface area contributed by atoms with Crippen molar-refractivity contribution in [2.24, 2.45) is 0 Å². The highest BCUT2D eigenvalue weighted by Crippen LogP contribution is 2.34. The maximum atomic E-state index is 12.5. The van der Waals surface area contributed by atoms with Crippen LogP contribution in [0.25, 0.3) is 0 Å². The van der Waals surface area contributed by atoms with E-state index in [0.29, 0.717) is 0 Å². The first-order valence-electron chi connectivity index (χ1n) is 4.40. The van der Waals surface area contributed by atoms with Gasteiger partial charge in [0.2, 0.25) is 0 Å². The number of aryl methyl sites for hydroxylation is 1. The summed E-state index contributed by atoms with van der Waals surface area (Å²) in [4.78, 5) is 13.5. The van der Waals surface area contributed by atoms with E-state index in [4.69, 9.17) is 5.11 Å². The summed E-state index contributed by atoms with van der Waals surface area (Å²) in [5, 5.41) is 8.57. The maximum absolute atomic E-state index is 12.5. The quantitative estimate of drug-likeness (QED) is 0.859. The van der Waals surface area contributed by atoms with Crippen LogP contribution in [0.5, 0.6) is 5.75 Å². The number of nitrogens with zero attached hydrogens (tertiary/aromatic N) is 1. The van der Waals surface area contributed by atoms with Gasteiger partial charge < -0.3 is 9.84 Å². The van der Waals surface area contributed by atoms with E-state index < -0.39 is 41.5 Å². The van der Waals surface area contributed by atoms with Gasteiger partial charge in [-0.3, -0.25) is 0 Å². The Bertz CT molecular complexity index is 472. The van der Waals surface area contributed by atoms with E-state index in [1.165, 1.54) is 0 Å². The van der Waals surface area contributed by atoms with E-state index in [0.717, 1.165) is 13.0 Å². The summed E-state index contributed by atoms with van der Waals surface area (Å²) in [5.74, 6) is -2.80. The molecule has 0 saturated carbocycles. The Morgan fingerprint density at radius 2 is 2.00 bits per heavy atom. The van der Waals surface area contributed by atoms with Gasteiger partial charge in [0.05, 0.1) is 0 Å². The number of pyridine rings is 1. The number of aromatic nitrogens is 1. The van der Waals surface area contributed by atoms with Crippen molar-refractivity contribution in [3.8, 4) is 5.75 Å². The third-order valence-electron chi connectivity index (χ3n) is 1.83. The lowest BCUT2D eigenvalue weighted by Crippen LogP contribution is -2.20. The Kier molecular flexibility index (Phi) is 3.73. The lowest BCUT2D eigenvalue weighted by molar-refractivity contribution is -0.275. The standard InChI is InChI=1S/C9H6F5NO3/c1-3-2-4(8(16)17)15-5(7(10)11)6(3)18-9(12,13)14/h2,7H,1H3,(H,16,17). The van der Waals surface area contributed by atoms with Crippen molar-refractivity contribution >= 4 is 5.97 Å². The third kappa shape index (κ3) is 3.28. The SMILES string of the molecule is Cc1cc(C(=O)O)nc(C(F)F)c1OC(F)(F)F.